The van der Waals surface area contributed by atoms with Gasteiger partial charge in [0.15, 0.2) is 11.5 Å². The second-order valence-electron chi connectivity index (χ2n) is 14.3. The van der Waals surface area contributed by atoms with Crippen LogP contribution in [0.15, 0.2) is 102 Å². The number of esters is 1. The van der Waals surface area contributed by atoms with Crippen molar-refractivity contribution in [3.8, 4) is 33.9 Å². The summed E-state index contributed by atoms with van der Waals surface area (Å²) in [5.74, 6) is 1.26. The summed E-state index contributed by atoms with van der Waals surface area (Å²) in [5, 5.41) is 7.46. The molecule has 2 heterocycles. The number of morpholine rings is 1. The van der Waals surface area contributed by atoms with E-state index in [0.717, 1.165) is 67.1 Å². The fraction of sp³-hybridized carbons (Fsp3) is 0.370. The SMILES string of the molecule is CCOC(=O)CCCCCNC(=O)c1noc(-c2cc(C(C)C)c(OCc3ccccc3)cc2OCc2ccccc2)c1-c1ccc(CN2CCOCC2)cc1. The molecule has 10 heteroatoms. The lowest BCUT2D eigenvalue weighted by molar-refractivity contribution is -0.143. The van der Waals surface area contributed by atoms with Crippen molar-refractivity contribution in [1.82, 2.24) is 15.4 Å². The van der Waals surface area contributed by atoms with Crippen LogP contribution in [0.25, 0.3) is 22.5 Å². The summed E-state index contributed by atoms with van der Waals surface area (Å²) in [5.41, 5.74) is 6.45. The third-order valence-electron chi connectivity index (χ3n) is 9.76. The minimum atomic E-state index is -0.337. The molecule has 1 N–H and O–H groups in total. The molecule has 0 aliphatic carbocycles. The molecule has 10 nitrogen and oxygen atoms in total. The lowest BCUT2D eigenvalue weighted by Gasteiger charge is -2.26. The summed E-state index contributed by atoms with van der Waals surface area (Å²) in [7, 11) is 0. The van der Waals surface area contributed by atoms with Crippen molar-refractivity contribution in [2.45, 2.75) is 72.1 Å². The van der Waals surface area contributed by atoms with Crippen LogP contribution in [-0.2, 0) is 34.0 Å². The quantitative estimate of drug-likeness (QED) is 0.0651. The maximum absolute atomic E-state index is 13.9. The van der Waals surface area contributed by atoms with Crippen LogP contribution in [0, 0.1) is 0 Å². The Bertz CT molecular complexity index is 1990. The minimum absolute atomic E-state index is 0.0973. The van der Waals surface area contributed by atoms with Gasteiger partial charge in [0.05, 0.1) is 30.9 Å². The molecule has 1 amide bonds. The first-order valence-corrected chi connectivity index (χ1v) is 19.7. The Morgan fingerprint density at radius 1 is 0.804 bits per heavy atom. The molecule has 1 saturated heterocycles. The number of amides is 1. The zero-order chi connectivity index (χ0) is 39.1. The monoisotopic (exact) mass is 759 g/mol. The molecule has 0 unspecified atom stereocenters. The highest BCUT2D eigenvalue weighted by molar-refractivity contribution is 6.02. The zero-order valence-electron chi connectivity index (χ0n) is 32.8. The number of benzene rings is 4. The maximum Gasteiger partial charge on any atom is 0.305 e. The van der Waals surface area contributed by atoms with E-state index in [1.807, 2.05) is 84.9 Å². The summed E-state index contributed by atoms with van der Waals surface area (Å²) in [6.45, 7) is 11.6. The van der Waals surface area contributed by atoms with E-state index >= 15 is 0 Å². The van der Waals surface area contributed by atoms with Crippen LogP contribution in [0.2, 0.25) is 0 Å². The third kappa shape index (κ3) is 11.1. The fourth-order valence-corrected chi connectivity index (χ4v) is 6.70. The van der Waals surface area contributed by atoms with Crippen molar-refractivity contribution in [3.05, 3.63) is 125 Å². The summed E-state index contributed by atoms with van der Waals surface area (Å²) in [6.07, 6.45) is 2.55. The van der Waals surface area contributed by atoms with Gasteiger partial charge in [-0.3, -0.25) is 14.5 Å². The van der Waals surface area contributed by atoms with E-state index < -0.39 is 0 Å². The van der Waals surface area contributed by atoms with E-state index in [2.05, 4.69) is 41.4 Å². The first kappa shape index (κ1) is 40.2. The van der Waals surface area contributed by atoms with E-state index in [-0.39, 0.29) is 23.5 Å². The van der Waals surface area contributed by atoms with Crippen LogP contribution in [-0.4, -0.2) is 61.4 Å². The third-order valence-corrected chi connectivity index (χ3v) is 9.76. The number of unbranched alkanes of at least 4 members (excludes halogenated alkanes) is 2. The first-order chi connectivity index (χ1) is 27.4. The van der Waals surface area contributed by atoms with Gasteiger partial charge in [-0.1, -0.05) is 110 Å². The Hall–Kier alpha value is -5.45. The number of ether oxygens (including phenoxy) is 4. The number of hydrogen-bond donors (Lipinski definition) is 1. The topological polar surface area (TPSA) is 112 Å². The molecule has 1 aliphatic heterocycles. The van der Waals surface area contributed by atoms with Crippen LogP contribution in [0.3, 0.4) is 0 Å². The number of nitrogens with zero attached hydrogens (tertiary/aromatic N) is 2. The van der Waals surface area contributed by atoms with Crippen molar-refractivity contribution >= 4 is 11.9 Å². The lowest BCUT2D eigenvalue weighted by Crippen LogP contribution is -2.35. The minimum Gasteiger partial charge on any atom is -0.488 e. The van der Waals surface area contributed by atoms with Crippen molar-refractivity contribution in [2.24, 2.45) is 0 Å². The normalized spacial score (nSPS) is 13.1. The number of nitrogens with one attached hydrogen (secondary N) is 1. The Morgan fingerprint density at radius 3 is 2.11 bits per heavy atom. The van der Waals surface area contributed by atoms with Crippen LogP contribution in [0.5, 0.6) is 11.5 Å². The van der Waals surface area contributed by atoms with Gasteiger partial charge in [-0.2, -0.15) is 0 Å². The van der Waals surface area contributed by atoms with Crippen LogP contribution in [0.4, 0.5) is 0 Å². The van der Waals surface area contributed by atoms with E-state index in [9.17, 15) is 9.59 Å². The van der Waals surface area contributed by atoms with Gasteiger partial charge in [-0.05, 0) is 59.6 Å². The summed E-state index contributed by atoms with van der Waals surface area (Å²) < 4.78 is 29.8. The highest BCUT2D eigenvalue weighted by Crippen LogP contribution is 2.44. The summed E-state index contributed by atoms with van der Waals surface area (Å²) >= 11 is 0. The molecule has 4 aromatic carbocycles. The van der Waals surface area contributed by atoms with Crippen LogP contribution in [0.1, 0.15) is 85.1 Å². The van der Waals surface area contributed by atoms with Gasteiger partial charge in [0.25, 0.3) is 5.91 Å². The number of carbonyl (C=O) groups is 2. The molecule has 56 heavy (non-hydrogen) atoms. The number of rotatable bonds is 19. The van der Waals surface area contributed by atoms with Crippen LogP contribution < -0.4 is 14.8 Å². The van der Waals surface area contributed by atoms with Crippen molar-refractivity contribution < 1.29 is 33.1 Å². The van der Waals surface area contributed by atoms with Gasteiger partial charge >= 0.3 is 5.97 Å². The molecule has 0 spiro atoms. The van der Waals surface area contributed by atoms with E-state index in [1.54, 1.807) is 6.92 Å². The molecule has 6 rings (SSSR count). The molecular weight excluding hydrogens is 707 g/mol. The van der Waals surface area contributed by atoms with Gasteiger partial charge in [0.2, 0.25) is 0 Å². The highest BCUT2D eigenvalue weighted by atomic mass is 16.5. The molecule has 294 valence electrons. The number of carbonyl (C=O) groups excluding carboxylic acids is 2. The van der Waals surface area contributed by atoms with Crippen LogP contribution >= 0.6 is 0 Å². The predicted molar refractivity (Wildman–Crippen MR) is 217 cm³/mol. The van der Waals surface area contributed by atoms with Gasteiger partial charge in [-0.25, -0.2) is 0 Å². The maximum atomic E-state index is 13.9. The zero-order valence-corrected chi connectivity index (χ0v) is 32.8. The van der Waals surface area contributed by atoms with E-state index in [0.29, 0.717) is 74.0 Å². The molecule has 0 atom stereocenters. The Kier molecular flexibility index (Phi) is 14.7. The average Bonchev–Trinajstić information content (AvgIpc) is 3.67. The van der Waals surface area contributed by atoms with Crippen molar-refractivity contribution in [3.63, 3.8) is 0 Å². The van der Waals surface area contributed by atoms with Gasteiger partial charge in [-0.15, -0.1) is 0 Å². The lowest BCUT2D eigenvalue weighted by atomic mass is 9.93. The summed E-state index contributed by atoms with van der Waals surface area (Å²) in [6, 6.07) is 32.3. The molecule has 1 aliphatic rings. The number of aromatic nitrogens is 1. The molecule has 1 aromatic heterocycles. The highest BCUT2D eigenvalue weighted by Gasteiger charge is 2.28. The first-order valence-electron chi connectivity index (χ1n) is 19.7. The summed E-state index contributed by atoms with van der Waals surface area (Å²) in [4.78, 5) is 28.0. The molecule has 0 radical (unpaired) electrons. The smallest absolute Gasteiger partial charge is 0.305 e. The molecule has 0 saturated carbocycles. The van der Waals surface area contributed by atoms with Gasteiger partial charge in [0.1, 0.15) is 24.7 Å². The standard InChI is InChI=1S/C46H53N3O7/c1-4-53-42(50)18-12-7-13-23-47-46(51)44-43(37-21-19-34(20-22-37)30-49-24-26-52-27-25-49)45(56-48-44)39-28-38(33(2)3)40(54-31-35-14-8-5-9-15-35)29-41(39)55-32-36-16-10-6-11-17-36/h5-6,8-11,14-17,19-22,28-29,33H,4,7,12-13,18,23-27,30-32H2,1-3H3,(H,47,51). The Balaban J connectivity index is 1.35. The molecule has 1 fully saturated rings. The molecular formula is C46H53N3O7. The van der Waals surface area contributed by atoms with Gasteiger partial charge in [0, 0.05) is 38.7 Å². The van der Waals surface area contributed by atoms with Crippen molar-refractivity contribution in [1.29, 1.82) is 0 Å². The predicted octanol–water partition coefficient (Wildman–Crippen LogP) is 8.98. The number of hydrogen-bond acceptors (Lipinski definition) is 9. The van der Waals surface area contributed by atoms with Crippen molar-refractivity contribution in [2.75, 3.05) is 39.5 Å². The molecule has 0 bridgehead atoms. The fourth-order valence-electron chi connectivity index (χ4n) is 6.70. The largest absolute Gasteiger partial charge is 0.488 e. The Labute approximate surface area is 330 Å². The Morgan fingerprint density at radius 2 is 1.46 bits per heavy atom. The van der Waals surface area contributed by atoms with E-state index in [1.165, 1.54) is 0 Å². The molecule has 5 aromatic rings. The average molecular weight is 760 g/mol. The van der Waals surface area contributed by atoms with Gasteiger partial charge < -0.3 is 28.8 Å². The second kappa shape index (κ2) is 20.5. The second-order valence-corrected chi connectivity index (χ2v) is 14.3. The van der Waals surface area contributed by atoms with E-state index in [4.69, 9.17) is 23.5 Å².